The van der Waals surface area contributed by atoms with E-state index in [9.17, 15) is 4.79 Å². The molecular weight excluding hydrogens is 266 g/mol. The average molecular weight is 291 g/mol. The number of piperazine rings is 1. The Morgan fingerprint density at radius 1 is 1.29 bits per heavy atom. The number of amides is 2. The zero-order valence-electron chi connectivity index (χ0n) is 13.0. The molecule has 1 N–H and O–H groups in total. The van der Waals surface area contributed by atoms with Crippen molar-refractivity contribution in [2.45, 2.75) is 13.3 Å². The Labute approximate surface area is 126 Å². The molecule has 0 saturated carbocycles. The van der Waals surface area contributed by atoms with Gasteiger partial charge in [0, 0.05) is 45.5 Å². The molecule has 1 aliphatic heterocycles. The fourth-order valence-electron chi connectivity index (χ4n) is 2.47. The van der Waals surface area contributed by atoms with Crippen molar-refractivity contribution in [2.75, 3.05) is 51.8 Å². The number of ether oxygens (including phenoxy) is 1. The van der Waals surface area contributed by atoms with Crippen molar-refractivity contribution in [3.63, 3.8) is 0 Å². The van der Waals surface area contributed by atoms with Gasteiger partial charge in [-0.15, -0.1) is 0 Å². The number of nitrogens with one attached hydrogen (secondary N) is 1. The van der Waals surface area contributed by atoms with Crippen LogP contribution in [0.5, 0.6) is 0 Å². The summed E-state index contributed by atoms with van der Waals surface area (Å²) in [5.74, 6) is 0. The molecule has 116 valence electrons. The van der Waals surface area contributed by atoms with Gasteiger partial charge < -0.3 is 15.0 Å². The van der Waals surface area contributed by atoms with E-state index in [-0.39, 0.29) is 6.03 Å². The van der Waals surface area contributed by atoms with Crippen LogP contribution in [0.4, 0.5) is 10.5 Å². The lowest BCUT2D eigenvalue weighted by molar-refractivity contribution is 0.109. The highest BCUT2D eigenvalue weighted by molar-refractivity contribution is 5.89. The van der Waals surface area contributed by atoms with E-state index in [0.717, 1.165) is 51.4 Å². The number of carbonyl (C=O) groups excluding carboxylic acids is 1. The van der Waals surface area contributed by atoms with E-state index in [1.807, 2.05) is 23.1 Å². The van der Waals surface area contributed by atoms with Crippen molar-refractivity contribution >= 4 is 11.7 Å². The highest BCUT2D eigenvalue weighted by Gasteiger charge is 2.20. The second-order valence-electron chi connectivity index (χ2n) is 5.31. The van der Waals surface area contributed by atoms with Crippen molar-refractivity contribution in [3.8, 4) is 0 Å². The van der Waals surface area contributed by atoms with Crippen LogP contribution in [0.15, 0.2) is 24.3 Å². The third-order valence-corrected chi connectivity index (χ3v) is 3.86. The summed E-state index contributed by atoms with van der Waals surface area (Å²) in [4.78, 5) is 16.5. The fourth-order valence-corrected chi connectivity index (χ4v) is 2.47. The number of anilines is 1. The molecule has 21 heavy (non-hydrogen) atoms. The molecule has 0 aromatic heterocycles. The first-order valence-corrected chi connectivity index (χ1v) is 7.59. The Bertz CT molecular complexity index is 457. The van der Waals surface area contributed by atoms with Gasteiger partial charge in [-0.3, -0.25) is 4.90 Å². The number of urea groups is 1. The molecule has 1 heterocycles. The van der Waals surface area contributed by atoms with E-state index in [0.29, 0.717) is 0 Å². The van der Waals surface area contributed by atoms with Crippen molar-refractivity contribution in [1.29, 1.82) is 0 Å². The number of carbonyl (C=O) groups is 1. The van der Waals surface area contributed by atoms with Crippen LogP contribution in [0.1, 0.15) is 12.5 Å². The van der Waals surface area contributed by atoms with E-state index < -0.39 is 0 Å². The van der Waals surface area contributed by atoms with Crippen LogP contribution in [0.25, 0.3) is 0 Å². The summed E-state index contributed by atoms with van der Waals surface area (Å²) in [6.45, 7) is 7.14. The number of methoxy groups -OCH3 is 1. The molecule has 0 spiro atoms. The van der Waals surface area contributed by atoms with Crippen molar-refractivity contribution in [1.82, 2.24) is 9.80 Å². The van der Waals surface area contributed by atoms with Gasteiger partial charge >= 0.3 is 6.03 Å². The molecule has 1 aromatic carbocycles. The van der Waals surface area contributed by atoms with Gasteiger partial charge in [0.05, 0.1) is 6.61 Å². The summed E-state index contributed by atoms with van der Waals surface area (Å²) in [7, 11) is 1.72. The van der Waals surface area contributed by atoms with Gasteiger partial charge in [0.1, 0.15) is 0 Å². The second-order valence-corrected chi connectivity index (χ2v) is 5.31. The molecule has 0 atom stereocenters. The maximum Gasteiger partial charge on any atom is 0.321 e. The summed E-state index contributed by atoms with van der Waals surface area (Å²) >= 11 is 0. The van der Waals surface area contributed by atoms with Crippen LogP contribution < -0.4 is 5.32 Å². The second kappa shape index (κ2) is 8.00. The van der Waals surface area contributed by atoms with Gasteiger partial charge in [0.2, 0.25) is 0 Å². The van der Waals surface area contributed by atoms with E-state index in [1.54, 1.807) is 7.11 Å². The molecule has 1 aromatic rings. The Hall–Kier alpha value is -1.59. The van der Waals surface area contributed by atoms with Gasteiger partial charge in [-0.05, 0) is 24.1 Å². The molecular formula is C16H25N3O2. The summed E-state index contributed by atoms with van der Waals surface area (Å²) in [6.07, 6.45) is 0.974. The molecule has 1 saturated heterocycles. The SMILES string of the molecule is CCc1cccc(NC(=O)N2CCN(CCOC)CC2)c1. The maximum absolute atomic E-state index is 12.3. The van der Waals surface area contributed by atoms with E-state index in [1.165, 1.54) is 5.56 Å². The monoisotopic (exact) mass is 291 g/mol. The third-order valence-electron chi connectivity index (χ3n) is 3.86. The first-order chi connectivity index (χ1) is 10.2. The lowest BCUT2D eigenvalue weighted by atomic mass is 10.1. The number of aryl methyl sites for hydroxylation is 1. The Balaban J connectivity index is 1.81. The lowest BCUT2D eigenvalue weighted by Gasteiger charge is -2.34. The summed E-state index contributed by atoms with van der Waals surface area (Å²) in [5, 5.41) is 2.99. The molecule has 0 bridgehead atoms. The highest BCUT2D eigenvalue weighted by atomic mass is 16.5. The number of hydrogen-bond acceptors (Lipinski definition) is 3. The van der Waals surface area contributed by atoms with Crippen LogP contribution in [-0.4, -0.2) is 62.3 Å². The van der Waals surface area contributed by atoms with Crippen LogP contribution >= 0.6 is 0 Å². The predicted octanol–water partition coefficient (Wildman–Crippen LogP) is 2.04. The number of benzene rings is 1. The predicted molar refractivity (Wildman–Crippen MR) is 84.7 cm³/mol. The van der Waals surface area contributed by atoms with Crippen molar-refractivity contribution in [3.05, 3.63) is 29.8 Å². The minimum Gasteiger partial charge on any atom is -0.383 e. The molecule has 1 aliphatic rings. The molecule has 2 amide bonds. The molecule has 5 heteroatoms. The number of hydrogen-bond donors (Lipinski definition) is 1. The zero-order chi connectivity index (χ0) is 15.1. The minimum atomic E-state index is -0.00496. The van der Waals surface area contributed by atoms with Gasteiger partial charge in [-0.2, -0.15) is 0 Å². The summed E-state index contributed by atoms with van der Waals surface area (Å²) in [5.41, 5.74) is 2.11. The average Bonchev–Trinajstić information content (AvgIpc) is 2.53. The molecule has 0 unspecified atom stereocenters. The standard InChI is InChI=1S/C16H25N3O2/c1-3-14-5-4-6-15(13-14)17-16(20)19-9-7-18(8-10-19)11-12-21-2/h4-6,13H,3,7-12H2,1-2H3,(H,17,20). The Morgan fingerprint density at radius 3 is 2.71 bits per heavy atom. The smallest absolute Gasteiger partial charge is 0.321 e. The van der Waals surface area contributed by atoms with E-state index >= 15 is 0 Å². The van der Waals surface area contributed by atoms with Crippen LogP contribution in [0.3, 0.4) is 0 Å². The Kier molecular flexibility index (Phi) is 6.02. The van der Waals surface area contributed by atoms with Gasteiger partial charge in [-0.25, -0.2) is 4.79 Å². The van der Waals surface area contributed by atoms with Crippen molar-refractivity contribution in [2.24, 2.45) is 0 Å². The number of nitrogens with zero attached hydrogens (tertiary/aromatic N) is 2. The first-order valence-electron chi connectivity index (χ1n) is 7.59. The quantitative estimate of drug-likeness (QED) is 0.903. The third kappa shape index (κ3) is 4.72. The molecule has 0 aliphatic carbocycles. The first kappa shape index (κ1) is 15.8. The highest BCUT2D eigenvalue weighted by Crippen LogP contribution is 2.12. The van der Waals surface area contributed by atoms with Crippen molar-refractivity contribution < 1.29 is 9.53 Å². The van der Waals surface area contributed by atoms with Gasteiger partial charge in [0.15, 0.2) is 0 Å². The van der Waals surface area contributed by atoms with E-state index in [4.69, 9.17) is 4.74 Å². The largest absolute Gasteiger partial charge is 0.383 e. The molecule has 0 radical (unpaired) electrons. The normalized spacial score (nSPS) is 16.0. The molecule has 2 rings (SSSR count). The fraction of sp³-hybridized carbons (Fsp3) is 0.562. The molecule has 1 fully saturated rings. The minimum absolute atomic E-state index is 0.00496. The molecule has 5 nitrogen and oxygen atoms in total. The topological polar surface area (TPSA) is 44.8 Å². The van der Waals surface area contributed by atoms with Gasteiger partial charge in [-0.1, -0.05) is 19.1 Å². The van der Waals surface area contributed by atoms with E-state index in [2.05, 4.69) is 23.2 Å². The van der Waals surface area contributed by atoms with Gasteiger partial charge in [0.25, 0.3) is 0 Å². The summed E-state index contributed by atoms with van der Waals surface area (Å²) in [6, 6.07) is 8.02. The summed E-state index contributed by atoms with van der Waals surface area (Å²) < 4.78 is 5.09. The maximum atomic E-state index is 12.3. The van der Waals surface area contributed by atoms with Crippen LogP contribution in [0, 0.1) is 0 Å². The number of rotatable bonds is 5. The Morgan fingerprint density at radius 2 is 2.05 bits per heavy atom. The van der Waals surface area contributed by atoms with Crippen LogP contribution in [0.2, 0.25) is 0 Å². The lowest BCUT2D eigenvalue weighted by Crippen LogP contribution is -2.50. The zero-order valence-corrected chi connectivity index (χ0v) is 13.0. The van der Waals surface area contributed by atoms with Crippen LogP contribution in [-0.2, 0) is 11.2 Å².